The molecule has 1 fully saturated rings. The van der Waals surface area contributed by atoms with E-state index in [4.69, 9.17) is 9.73 Å². The van der Waals surface area contributed by atoms with Gasteiger partial charge in [0.15, 0.2) is 5.96 Å². The number of rotatable bonds is 11. The van der Waals surface area contributed by atoms with E-state index in [-0.39, 0.29) is 12.0 Å². The first-order chi connectivity index (χ1) is 13.7. The van der Waals surface area contributed by atoms with E-state index >= 15 is 0 Å². The molecular weight excluding hydrogens is 352 g/mol. The Morgan fingerprint density at radius 2 is 1.93 bits per heavy atom. The predicted octanol–water partition coefficient (Wildman–Crippen LogP) is 2.37. The molecule has 0 aromatic heterocycles. The van der Waals surface area contributed by atoms with Crippen molar-refractivity contribution in [1.29, 1.82) is 0 Å². The maximum Gasteiger partial charge on any atom is 0.191 e. The second kappa shape index (κ2) is 12.0. The molecule has 1 aliphatic heterocycles. The largest absolute Gasteiger partial charge is 0.396 e. The molecule has 1 aromatic carbocycles. The third-order valence-electron chi connectivity index (χ3n) is 5.62. The molecule has 1 heterocycles. The Morgan fingerprint density at radius 3 is 2.54 bits per heavy atom. The lowest BCUT2D eigenvalue weighted by molar-refractivity contribution is 0.127. The highest BCUT2D eigenvalue weighted by atomic mass is 16.5. The molecule has 6 nitrogen and oxygen atoms in total. The second-order valence-corrected chi connectivity index (χ2v) is 7.56. The SMILES string of the molecule is CCNC(=NCc1ccccc1CN(CC)CC)NCC1(CCO)CCOC1. The number of aliphatic hydroxyl groups is 1. The Morgan fingerprint density at radius 1 is 1.18 bits per heavy atom. The number of nitrogens with one attached hydrogen (secondary N) is 2. The molecule has 1 aliphatic rings. The van der Waals surface area contributed by atoms with Crippen molar-refractivity contribution in [3.63, 3.8) is 0 Å². The van der Waals surface area contributed by atoms with Gasteiger partial charge in [-0.3, -0.25) is 4.90 Å². The highest BCUT2D eigenvalue weighted by Crippen LogP contribution is 2.31. The number of aliphatic imine (C=N–C) groups is 1. The van der Waals surface area contributed by atoms with Gasteiger partial charge >= 0.3 is 0 Å². The molecule has 28 heavy (non-hydrogen) atoms. The molecule has 1 unspecified atom stereocenters. The summed E-state index contributed by atoms with van der Waals surface area (Å²) in [5.41, 5.74) is 2.61. The molecule has 6 heteroatoms. The summed E-state index contributed by atoms with van der Waals surface area (Å²) in [5.74, 6) is 0.823. The number of hydrogen-bond donors (Lipinski definition) is 3. The van der Waals surface area contributed by atoms with Gasteiger partial charge in [-0.25, -0.2) is 4.99 Å². The van der Waals surface area contributed by atoms with E-state index in [0.717, 1.165) is 58.1 Å². The van der Waals surface area contributed by atoms with Gasteiger partial charge in [-0.15, -0.1) is 0 Å². The van der Waals surface area contributed by atoms with Crippen molar-refractivity contribution in [2.75, 3.05) is 46.0 Å². The van der Waals surface area contributed by atoms with Crippen molar-refractivity contribution in [3.05, 3.63) is 35.4 Å². The van der Waals surface area contributed by atoms with Crippen LogP contribution in [0.5, 0.6) is 0 Å². The van der Waals surface area contributed by atoms with Gasteiger partial charge in [0.05, 0.1) is 13.2 Å². The number of guanidine groups is 1. The molecule has 1 atom stereocenters. The molecule has 0 spiro atoms. The van der Waals surface area contributed by atoms with Gasteiger partial charge in [0, 0.05) is 38.3 Å². The number of hydrogen-bond acceptors (Lipinski definition) is 4. The summed E-state index contributed by atoms with van der Waals surface area (Å²) < 4.78 is 5.59. The minimum atomic E-state index is 0.00556. The Balaban J connectivity index is 2.04. The first-order valence-corrected chi connectivity index (χ1v) is 10.7. The van der Waals surface area contributed by atoms with E-state index < -0.39 is 0 Å². The summed E-state index contributed by atoms with van der Waals surface area (Å²) in [6.45, 7) is 13.4. The summed E-state index contributed by atoms with van der Waals surface area (Å²) in [4.78, 5) is 7.25. The maximum atomic E-state index is 9.42. The van der Waals surface area contributed by atoms with Crippen molar-refractivity contribution >= 4 is 5.96 Å². The number of nitrogens with zero attached hydrogens (tertiary/aromatic N) is 2. The van der Waals surface area contributed by atoms with E-state index in [1.807, 2.05) is 0 Å². The molecule has 3 N–H and O–H groups in total. The van der Waals surface area contributed by atoms with Gasteiger partial charge in [-0.05, 0) is 44.0 Å². The summed E-state index contributed by atoms with van der Waals surface area (Å²) >= 11 is 0. The van der Waals surface area contributed by atoms with Gasteiger partial charge in [-0.2, -0.15) is 0 Å². The number of aliphatic hydroxyl groups excluding tert-OH is 1. The fourth-order valence-corrected chi connectivity index (χ4v) is 3.64. The molecule has 2 rings (SSSR count). The third kappa shape index (κ3) is 6.76. The zero-order chi connectivity index (χ0) is 20.2. The molecule has 158 valence electrons. The lowest BCUT2D eigenvalue weighted by Gasteiger charge is -2.27. The van der Waals surface area contributed by atoms with Gasteiger partial charge in [0.1, 0.15) is 0 Å². The van der Waals surface area contributed by atoms with Crippen LogP contribution in [0.4, 0.5) is 0 Å². The Kier molecular flexibility index (Phi) is 9.75. The molecule has 0 saturated carbocycles. The van der Waals surface area contributed by atoms with Gasteiger partial charge in [-0.1, -0.05) is 38.1 Å². The average Bonchev–Trinajstić information content (AvgIpc) is 3.18. The Bertz CT molecular complexity index is 596. The van der Waals surface area contributed by atoms with E-state index in [1.165, 1.54) is 11.1 Å². The predicted molar refractivity (Wildman–Crippen MR) is 115 cm³/mol. The highest BCUT2D eigenvalue weighted by molar-refractivity contribution is 5.79. The maximum absolute atomic E-state index is 9.42. The van der Waals surface area contributed by atoms with Crippen LogP contribution in [0.25, 0.3) is 0 Å². The van der Waals surface area contributed by atoms with Crippen LogP contribution >= 0.6 is 0 Å². The summed E-state index contributed by atoms with van der Waals surface area (Å²) in [6, 6.07) is 8.57. The molecule has 0 bridgehead atoms. The van der Waals surface area contributed by atoms with Crippen LogP contribution in [0, 0.1) is 5.41 Å². The quantitative estimate of drug-likeness (QED) is 0.400. The van der Waals surface area contributed by atoms with Crippen molar-refractivity contribution < 1.29 is 9.84 Å². The van der Waals surface area contributed by atoms with E-state index in [9.17, 15) is 5.11 Å². The lowest BCUT2D eigenvalue weighted by atomic mass is 9.84. The van der Waals surface area contributed by atoms with Gasteiger partial charge in [0.25, 0.3) is 0 Å². The van der Waals surface area contributed by atoms with Gasteiger partial charge in [0.2, 0.25) is 0 Å². The van der Waals surface area contributed by atoms with Crippen molar-refractivity contribution in [2.45, 2.75) is 46.7 Å². The van der Waals surface area contributed by atoms with Crippen LogP contribution in [0.2, 0.25) is 0 Å². The topological polar surface area (TPSA) is 69.1 Å². The first-order valence-electron chi connectivity index (χ1n) is 10.7. The van der Waals surface area contributed by atoms with Crippen molar-refractivity contribution in [2.24, 2.45) is 10.4 Å². The van der Waals surface area contributed by atoms with E-state index in [0.29, 0.717) is 13.2 Å². The molecule has 1 aromatic rings. The minimum Gasteiger partial charge on any atom is -0.396 e. The molecule has 1 saturated heterocycles. The molecular formula is C22H38N4O2. The fraction of sp³-hybridized carbons (Fsp3) is 0.682. The highest BCUT2D eigenvalue weighted by Gasteiger charge is 2.34. The van der Waals surface area contributed by atoms with E-state index in [1.54, 1.807) is 0 Å². The van der Waals surface area contributed by atoms with Crippen LogP contribution in [-0.2, 0) is 17.8 Å². The monoisotopic (exact) mass is 390 g/mol. The standard InChI is InChI=1S/C22H38N4O2/c1-4-23-21(25-17-22(11-13-27)12-14-28-18-22)24-15-19-9-7-8-10-20(19)16-26(5-2)6-3/h7-10,27H,4-6,11-18H2,1-3H3,(H2,23,24,25). The number of ether oxygens (including phenoxy) is 1. The van der Waals surface area contributed by atoms with Gasteiger partial charge < -0.3 is 20.5 Å². The smallest absolute Gasteiger partial charge is 0.191 e. The Hall–Kier alpha value is -1.63. The van der Waals surface area contributed by atoms with Crippen LogP contribution < -0.4 is 10.6 Å². The third-order valence-corrected chi connectivity index (χ3v) is 5.62. The molecule has 0 amide bonds. The summed E-state index contributed by atoms with van der Waals surface area (Å²) in [6.07, 6.45) is 1.73. The first kappa shape index (κ1) is 22.7. The normalized spacial score (nSPS) is 20.0. The van der Waals surface area contributed by atoms with E-state index in [2.05, 4.69) is 60.6 Å². The second-order valence-electron chi connectivity index (χ2n) is 7.56. The Labute approximate surface area is 170 Å². The summed E-state index contributed by atoms with van der Waals surface area (Å²) in [7, 11) is 0. The zero-order valence-corrected chi connectivity index (χ0v) is 17.8. The summed E-state index contributed by atoms with van der Waals surface area (Å²) in [5, 5.41) is 16.2. The zero-order valence-electron chi connectivity index (χ0n) is 17.8. The molecule has 0 radical (unpaired) electrons. The van der Waals surface area contributed by atoms with Crippen molar-refractivity contribution in [3.8, 4) is 0 Å². The van der Waals surface area contributed by atoms with Crippen LogP contribution in [0.1, 0.15) is 44.7 Å². The minimum absolute atomic E-state index is 0.00556. The van der Waals surface area contributed by atoms with Crippen LogP contribution in [0.3, 0.4) is 0 Å². The number of benzene rings is 1. The average molecular weight is 391 g/mol. The lowest BCUT2D eigenvalue weighted by Crippen LogP contribution is -2.44. The van der Waals surface area contributed by atoms with Crippen LogP contribution in [-0.4, -0.2) is 62.0 Å². The van der Waals surface area contributed by atoms with Crippen LogP contribution in [0.15, 0.2) is 29.3 Å². The fourth-order valence-electron chi connectivity index (χ4n) is 3.64. The van der Waals surface area contributed by atoms with Crippen molar-refractivity contribution in [1.82, 2.24) is 15.5 Å². The molecule has 0 aliphatic carbocycles.